The highest BCUT2D eigenvalue weighted by Crippen LogP contribution is 2.44. The zero-order valence-corrected chi connectivity index (χ0v) is 26.5. The predicted octanol–water partition coefficient (Wildman–Crippen LogP) is 7.51. The number of alkyl halides is 6. The summed E-state index contributed by atoms with van der Waals surface area (Å²) in [6.45, 7) is 20.8. The molecule has 0 aromatic carbocycles. The first-order valence-electron chi connectivity index (χ1n) is 14.9. The molecule has 3 atom stereocenters. The zero-order chi connectivity index (χ0) is 34.0. The monoisotopic (exact) mass is 635 g/mol. The quantitative estimate of drug-likeness (QED) is 0.172. The van der Waals surface area contributed by atoms with Crippen molar-refractivity contribution in [1.82, 2.24) is 10.2 Å². The molecule has 0 spiro atoms. The van der Waals surface area contributed by atoms with Gasteiger partial charge in [-0.15, -0.1) is 0 Å². The molecule has 0 aromatic heterocycles. The van der Waals surface area contributed by atoms with Crippen LogP contribution in [-0.2, 0) is 14.3 Å². The number of piperidine rings is 1. The molecule has 44 heavy (non-hydrogen) atoms. The van der Waals surface area contributed by atoms with Crippen molar-refractivity contribution in [3.8, 4) is 0 Å². The second-order valence-corrected chi connectivity index (χ2v) is 11.1. The van der Waals surface area contributed by atoms with Crippen LogP contribution in [0.15, 0.2) is 59.7 Å². The lowest BCUT2D eigenvalue weighted by atomic mass is 9.77. The van der Waals surface area contributed by atoms with Crippen LogP contribution in [0.2, 0.25) is 0 Å². The Morgan fingerprint density at radius 2 is 1.59 bits per heavy atom. The topological polar surface area (TPSA) is 84.7 Å². The van der Waals surface area contributed by atoms with Gasteiger partial charge in [0.1, 0.15) is 11.5 Å². The summed E-state index contributed by atoms with van der Waals surface area (Å²) in [5.74, 6) is -3.67. The molecule has 1 saturated carbocycles. The van der Waals surface area contributed by atoms with Crippen LogP contribution in [0.4, 0.5) is 26.3 Å². The number of nitrogens with two attached hydrogens (primary N) is 1. The number of amides is 1. The van der Waals surface area contributed by atoms with Crippen LogP contribution in [0, 0.1) is 17.8 Å². The third-order valence-electron chi connectivity index (χ3n) is 7.56. The summed E-state index contributed by atoms with van der Waals surface area (Å²) >= 11 is 0. The van der Waals surface area contributed by atoms with Gasteiger partial charge in [-0.1, -0.05) is 27.0 Å². The molecule has 1 saturated heterocycles. The van der Waals surface area contributed by atoms with Gasteiger partial charge < -0.3 is 20.7 Å². The highest BCUT2D eigenvalue weighted by atomic mass is 19.4. The minimum absolute atomic E-state index is 0.0618. The molecule has 1 amide bonds. The van der Waals surface area contributed by atoms with Gasteiger partial charge >= 0.3 is 12.4 Å². The Kier molecular flexibility index (Phi) is 15.0. The maximum atomic E-state index is 13.6. The lowest BCUT2D eigenvalue weighted by Crippen LogP contribution is -2.40. The molecule has 3 aliphatic rings. The Morgan fingerprint density at radius 1 is 1.02 bits per heavy atom. The number of nitrogens with zero attached hydrogens (tertiary/aromatic N) is 1. The number of nitrogens with one attached hydrogen (secondary N) is 1. The molecule has 2 aliphatic heterocycles. The third-order valence-corrected chi connectivity index (χ3v) is 7.56. The maximum Gasteiger partial charge on any atom is 0.396 e. The van der Waals surface area contributed by atoms with E-state index >= 15 is 0 Å². The van der Waals surface area contributed by atoms with Crippen molar-refractivity contribution in [3.63, 3.8) is 0 Å². The summed E-state index contributed by atoms with van der Waals surface area (Å²) in [5.41, 5.74) is 6.85. The van der Waals surface area contributed by atoms with E-state index in [-0.39, 0.29) is 29.7 Å². The summed E-state index contributed by atoms with van der Waals surface area (Å²) in [4.78, 5) is 24.4. The summed E-state index contributed by atoms with van der Waals surface area (Å²) < 4.78 is 82.2. The van der Waals surface area contributed by atoms with Gasteiger partial charge in [-0.3, -0.25) is 9.59 Å². The second-order valence-electron chi connectivity index (χ2n) is 11.1. The van der Waals surface area contributed by atoms with Gasteiger partial charge in [-0.2, -0.15) is 26.3 Å². The fraction of sp³-hybridized carbons (Fsp3) is 0.625. The third kappa shape index (κ3) is 11.5. The van der Waals surface area contributed by atoms with Gasteiger partial charge in [0.05, 0.1) is 24.0 Å². The minimum atomic E-state index is -4.47. The van der Waals surface area contributed by atoms with Crippen molar-refractivity contribution in [2.45, 2.75) is 98.1 Å². The van der Waals surface area contributed by atoms with E-state index in [4.69, 9.17) is 10.5 Å². The van der Waals surface area contributed by atoms with Crippen LogP contribution < -0.4 is 11.1 Å². The van der Waals surface area contributed by atoms with Crippen molar-refractivity contribution in [3.05, 3.63) is 59.7 Å². The first-order chi connectivity index (χ1) is 20.3. The van der Waals surface area contributed by atoms with Gasteiger partial charge in [0.25, 0.3) is 0 Å². The molecule has 1 aliphatic carbocycles. The minimum Gasteiger partial charge on any atom is -0.491 e. The summed E-state index contributed by atoms with van der Waals surface area (Å²) in [6, 6.07) is -0.901. The number of halogens is 6. The van der Waals surface area contributed by atoms with E-state index in [9.17, 15) is 35.9 Å². The molecule has 12 heteroatoms. The Bertz CT molecular complexity index is 1110. The van der Waals surface area contributed by atoms with Gasteiger partial charge in [-0.25, -0.2) is 0 Å². The highest BCUT2D eigenvalue weighted by Gasteiger charge is 2.48. The molecular weight excluding hydrogens is 588 g/mol. The van der Waals surface area contributed by atoms with Crippen LogP contribution >= 0.6 is 0 Å². The summed E-state index contributed by atoms with van der Waals surface area (Å²) in [7, 11) is 0. The average Bonchev–Trinajstić information content (AvgIpc) is 3.29. The Labute approximate surface area is 257 Å². The molecule has 250 valence electrons. The molecule has 0 aromatic rings. The number of ketones is 1. The van der Waals surface area contributed by atoms with Crippen LogP contribution in [0.1, 0.15) is 73.6 Å². The van der Waals surface area contributed by atoms with Gasteiger partial charge in [0.15, 0.2) is 0 Å². The standard InChI is InChI=1S/C24H33F3N2O2.C6H8F3NO.C2H6/c1-7-20(31-15(2)3)9-8-16(4)29-12-10-19(11-13-29)17(5)23-18(6)28-22(30)14-21(23)24(25,26)27;7-6(8,9)3-1-4(10)5(11)2-3;1-2/h7-9,15,19,21H,4-5,10-14H2,1-3,6H3,(H,28,30);3-4H,1-2,10H2;1-2H3/b9-8-,20-7+;;/t;3-,4?;/m.0./s1. The van der Waals surface area contributed by atoms with Crippen LogP contribution in [0.3, 0.4) is 0 Å². The van der Waals surface area contributed by atoms with Crippen molar-refractivity contribution < 1.29 is 40.7 Å². The first kappa shape index (κ1) is 39.0. The second kappa shape index (κ2) is 16.9. The number of ether oxygens (including phenoxy) is 1. The first-order valence-corrected chi connectivity index (χ1v) is 14.9. The van der Waals surface area contributed by atoms with Crippen molar-refractivity contribution in [2.75, 3.05) is 13.1 Å². The van der Waals surface area contributed by atoms with Crippen molar-refractivity contribution >= 4 is 11.7 Å². The Hall–Kier alpha value is -3.02. The molecule has 3 N–H and O–H groups in total. The van der Waals surface area contributed by atoms with Crippen LogP contribution in [0.5, 0.6) is 0 Å². The van der Waals surface area contributed by atoms with E-state index in [0.717, 1.165) is 11.5 Å². The molecule has 0 radical (unpaired) electrons. The SMILES string of the molecule is C=C(C1=C(C)NC(=O)CC1C(F)(F)F)C1CCN(C(=C)/C=C\C(=C/C)OC(C)C)CC1.CC.NC1C[C@H](C(F)(F)F)CC1=O. The number of carbonyl (C=O) groups is 2. The molecule has 2 unspecified atom stereocenters. The average molecular weight is 636 g/mol. The Balaban J connectivity index is 0.000000620. The molecule has 0 bridgehead atoms. The predicted molar refractivity (Wildman–Crippen MR) is 160 cm³/mol. The molecule has 2 heterocycles. The number of rotatable bonds is 7. The largest absolute Gasteiger partial charge is 0.491 e. The summed E-state index contributed by atoms with van der Waals surface area (Å²) in [6.07, 6.45) is -2.90. The van der Waals surface area contributed by atoms with Crippen LogP contribution in [-0.4, -0.2) is 54.2 Å². The van der Waals surface area contributed by atoms with Crippen molar-refractivity contribution in [2.24, 2.45) is 23.5 Å². The van der Waals surface area contributed by atoms with Crippen molar-refractivity contribution in [1.29, 1.82) is 0 Å². The van der Waals surface area contributed by atoms with E-state index in [1.807, 2.05) is 52.8 Å². The van der Waals surface area contributed by atoms with E-state index < -0.39 is 54.8 Å². The van der Waals surface area contributed by atoms with Gasteiger partial charge in [0.2, 0.25) is 5.91 Å². The Morgan fingerprint density at radius 3 is 2.00 bits per heavy atom. The summed E-state index contributed by atoms with van der Waals surface area (Å²) in [5, 5.41) is 2.55. The van der Waals surface area contributed by atoms with E-state index in [2.05, 4.69) is 23.4 Å². The van der Waals surface area contributed by atoms with E-state index in [1.165, 1.54) is 6.92 Å². The van der Waals surface area contributed by atoms with E-state index in [0.29, 0.717) is 31.5 Å². The van der Waals surface area contributed by atoms with Gasteiger partial charge in [0, 0.05) is 37.3 Å². The maximum absolute atomic E-state index is 13.6. The molecule has 2 fully saturated rings. The normalized spacial score (nSPS) is 23.6. The highest BCUT2D eigenvalue weighted by molar-refractivity contribution is 5.86. The zero-order valence-electron chi connectivity index (χ0n) is 26.5. The number of likely N-dealkylation sites (tertiary alicyclic amines) is 1. The van der Waals surface area contributed by atoms with Gasteiger partial charge in [-0.05, 0) is 82.2 Å². The van der Waals surface area contributed by atoms with Crippen LogP contribution in [0.25, 0.3) is 0 Å². The number of carbonyl (C=O) groups excluding carboxylic acids is 2. The lowest BCUT2D eigenvalue weighted by Gasteiger charge is -2.38. The number of hydrogen-bond donors (Lipinski definition) is 2. The fourth-order valence-electron chi connectivity index (χ4n) is 5.28. The number of allylic oxidation sites excluding steroid dienone is 6. The molecular formula is C32H47F6N3O3. The smallest absolute Gasteiger partial charge is 0.396 e. The fourth-order valence-corrected chi connectivity index (χ4v) is 5.28. The number of hydrogen-bond acceptors (Lipinski definition) is 5. The van der Waals surface area contributed by atoms with E-state index in [1.54, 1.807) is 0 Å². The molecule has 6 nitrogen and oxygen atoms in total. The molecule has 3 rings (SSSR count). The lowest BCUT2D eigenvalue weighted by molar-refractivity contribution is -0.173. The number of Topliss-reactive ketones (excluding diaryl/α,β-unsaturated/α-hetero) is 1.